The zero-order valence-electron chi connectivity index (χ0n) is 13.9. The number of aromatic hydroxyl groups is 1. The third-order valence-corrected chi connectivity index (χ3v) is 3.53. The van der Waals surface area contributed by atoms with Crippen molar-refractivity contribution in [1.82, 2.24) is 19.9 Å². The highest BCUT2D eigenvalue weighted by atomic mass is 16.3. The van der Waals surface area contributed by atoms with Gasteiger partial charge in [-0.3, -0.25) is 14.8 Å². The molecule has 0 atom stereocenters. The van der Waals surface area contributed by atoms with Crippen molar-refractivity contribution in [2.75, 3.05) is 0 Å². The maximum Gasteiger partial charge on any atom is 0.328 e. The number of rotatable bonds is 2. The number of hydrogen-bond donors (Lipinski definition) is 4. The quantitative estimate of drug-likeness (QED) is 0.385. The van der Waals surface area contributed by atoms with Crippen LogP contribution in [0.15, 0.2) is 37.8 Å². The lowest BCUT2D eigenvalue weighted by molar-refractivity contribution is 0.447. The minimum absolute atomic E-state index is 0.119. The Morgan fingerprint density at radius 2 is 2.00 bits per heavy atom. The molecule has 0 spiro atoms. The van der Waals surface area contributed by atoms with Crippen molar-refractivity contribution in [3.05, 3.63) is 55.9 Å². The van der Waals surface area contributed by atoms with E-state index in [4.69, 9.17) is 5.73 Å². The summed E-state index contributed by atoms with van der Waals surface area (Å²) in [7, 11) is 0. The summed E-state index contributed by atoms with van der Waals surface area (Å²) in [6.07, 6.45) is 0.986. The Labute approximate surface area is 146 Å². The second-order valence-electron chi connectivity index (χ2n) is 5.53. The van der Waals surface area contributed by atoms with Crippen LogP contribution in [0.25, 0.3) is 10.9 Å². The van der Waals surface area contributed by atoms with E-state index in [0.29, 0.717) is 5.52 Å². The number of guanidine groups is 1. The van der Waals surface area contributed by atoms with Gasteiger partial charge in [-0.05, 0) is 26.0 Å². The number of hydrogen-bond acceptors (Lipinski definition) is 6. The van der Waals surface area contributed by atoms with E-state index in [-0.39, 0.29) is 17.5 Å². The lowest BCUT2D eigenvalue weighted by atomic mass is 10.1. The molecule has 0 radical (unpaired) electrons. The summed E-state index contributed by atoms with van der Waals surface area (Å²) in [5.74, 6) is -0.725. The Morgan fingerprint density at radius 1 is 1.23 bits per heavy atom. The SMILES string of the molecule is Cc1ccc2nc(/N=C(N)/N=C/c3c(O)[nH]c(=O)[nH]c3=O)nc(C)c2c1. The molecule has 0 aliphatic carbocycles. The van der Waals surface area contributed by atoms with Crippen LogP contribution in [-0.2, 0) is 0 Å². The Bertz CT molecular complexity index is 1170. The predicted octanol–water partition coefficient (Wildman–Crippen LogP) is 0.394. The number of aromatic nitrogens is 4. The van der Waals surface area contributed by atoms with Crippen LogP contribution in [0.1, 0.15) is 16.8 Å². The molecule has 10 nitrogen and oxygen atoms in total. The third kappa shape index (κ3) is 3.48. The molecule has 5 N–H and O–H groups in total. The number of nitrogens with two attached hydrogens (primary N) is 1. The second-order valence-corrected chi connectivity index (χ2v) is 5.53. The molecule has 0 saturated carbocycles. The van der Waals surface area contributed by atoms with Gasteiger partial charge >= 0.3 is 5.69 Å². The molecule has 0 aliphatic rings. The largest absolute Gasteiger partial charge is 0.494 e. The highest BCUT2D eigenvalue weighted by Gasteiger charge is 2.07. The van der Waals surface area contributed by atoms with Crippen LogP contribution in [0.4, 0.5) is 5.95 Å². The van der Waals surface area contributed by atoms with E-state index in [0.717, 1.165) is 22.9 Å². The van der Waals surface area contributed by atoms with Gasteiger partial charge in [-0.25, -0.2) is 19.8 Å². The number of nitrogens with one attached hydrogen (secondary N) is 2. The Hall–Kier alpha value is -3.82. The van der Waals surface area contributed by atoms with E-state index < -0.39 is 17.1 Å². The number of aryl methyl sites for hydroxylation is 2. The lowest BCUT2D eigenvalue weighted by Gasteiger charge is -2.03. The summed E-state index contributed by atoms with van der Waals surface area (Å²) in [4.78, 5) is 43.0. The Kier molecular flexibility index (Phi) is 4.31. The van der Waals surface area contributed by atoms with Crippen molar-refractivity contribution in [2.24, 2.45) is 15.7 Å². The highest BCUT2D eigenvalue weighted by molar-refractivity contribution is 5.94. The average Bonchev–Trinajstić information content (AvgIpc) is 2.54. The fourth-order valence-corrected chi connectivity index (χ4v) is 2.30. The van der Waals surface area contributed by atoms with Crippen LogP contribution in [0.5, 0.6) is 5.88 Å². The monoisotopic (exact) mass is 353 g/mol. The number of H-pyrrole nitrogens is 2. The maximum absolute atomic E-state index is 11.6. The molecule has 2 heterocycles. The molecule has 132 valence electrons. The summed E-state index contributed by atoms with van der Waals surface area (Å²) in [5.41, 5.74) is 6.36. The van der Waals surface area contributed by atoms with Gasteiger partial charge in [0.15, 0.2) is 0 Å². The van der Waals surface area contributed by atoms with Crippen LogP contribution in [0.3, 0.4) is 0 Å². The van der Waals surface area contributed by atoms with Crippen LogP contribution in [0, 0.1) is 13.8 Å². The summed E-state index contributed by atoms with van der Waals surface area (Å²) in [5, 5.41) is 10.5. The van der Waals surface area contributed by atoms with Crippen LogP contribution in [-0.4, -0.2) is 37.2 Å². The van der Waals surface area contributed by atoms with Crippen molar-refractivity contribution >= 4 is 29.0 Å². The summed E-state index contributed by atoms with van der Waals surface area (Å²) in [6, 6.07) is 5.76. The Morgan fingerprint density at radius 3 is 2.73 bits per heavy atom. The first-order chi connectivity index (χ1) is 12.3. The number of benzene rings is 1. The third-order valence-electron chi connectivity index (χ3n) is 3.53. The van der Waals surface area contributed by atoms with E-state index >= 15 is 0 Å². The molecule has 10 heteroatoms. The maximum atomic E-state index is 11.6. The molecule has 3 aromatic rings. The molecule has 0 saturated heterocycles. The summed E-state index contributed by atoms with van der Waals surface area (Å²) >= 11 is 0. The molecule has 0 unspecified atom stereocenters. The van der Waals surface area contributed by atoms with Crippen LogP contribution >= 0.6 is 0 Å². The van der Waals surface area contributed by atoms with E-state index in [1.54, 1.807) is 0 Å². The first-order valence-electron chi connectivity index (χ1n) is 7.52. The van der Waals surface area contributed by atoms with Gasteiger partial charge in [0.2, 0.25) is 11.8 Å². The molecule has 1 aromatic carbocycles. The molecule has 0 amide bonds. The second kappa shape index (κ2) is 6.59. The Balaban J connectivity index is 1.95. The van der Waals surface area contributed by atoms with Gasteiger partial charge in [0.1, 0.15) is 5.56 Å². The van der Waals surface area contributed by atoms with Gasteiger partial charge in [0.25, 0.3) is 11.5 Å². The summed E-state index contributed by atoms with van der Waals surface area (Å²) < 4.78 is 0. The minimum Gasteiger partial charge on any atom is -0.494 e. The molecule has 0 aliphatic heterocycles. The summed E-state index contributed by atoms with van der Waals surface area (Å²) in [6.45, 7) is 3.81. The average molecular weight is 353 g/mol. The molecule has 0 fully saturated rings. The normalized spacial score (nSPS) is 12.2. The number of nitrogens with zero attached hydrogens (tertiary/aromatic N) is 4. The molecule has 2 aromatic heterocycles. The first-order valence-corrected chi connectivity index (χ1v) is 7.52. The lowest BCUT2D eigenvalue weighted by Crippen LogP contribution is -2.25. The van der Waals surface area contributed by atoms with E-state index in [1.165, 1.54) is 0 Å². The van der Waals surface area contributed by atoms with Gasteiger partial charge in [-0.2, -0.15) is 4.99 Å². The van der Waals surface area contributed by atoms with Crippen molar-refractivity contribution in [3.63, 3.8) is 0 Å². The smallest absolute Gasteiger partial charge is 0.328 e. The van der Waals surface area contributed by atoms with Gasteiger partial charge < -0.3 is 10.8 Å². The van der Waals surface area contributed by atoms with E-state index in [2.05, 4.69) is 20.0 Å². The van der Waals surface area contributed by atoms with Crippen LogP contribution in [0.2, 0.25) is 0 Å². The number of aliphatic imine (C=N–C) groups is 2. The number of aromatic amines is 2. The molecular weight excluding hydrogens is 338 g/mol. The van der Waals surface area contributed by atoms with Gasteiger partial charge in [-0.1, -0.05) is 11.6 Å². The fraction of sp³-hybridized carbons (Fsp3) is 0.125. The zero-order chi connectivity index (χ0) is 18.8. The van der Waals surface area contributed by atoms with E-state index in [1.807, 2.05) is 42.0 Å². The first kappa shape index (κ1) is 17.0. The molecule has 0 bridgehead atoms. The number of fused-ring (bicyclic) bond motifs is 1. The van der Waals surface area contributed by atoms with Crippen molar-refractivity contribution in [1.29, 1.82) is 0 Å². The standard InChI is InChI=1S/C16H15N7O3/c1-7-3-4-11-9(5-7)8(2)19-15(20-11)23-14(17)18-6-10-12(24)21-16(26)22-13(10)25/h3-6H,1-2H3,(H2,17,19,20,23)(H3,21,22,24,25,26)/b18-6+. The van der Waals surface area contributed by atoms with Crippen LogP contribution < -0.4 is 17.0 Å². The van der Waals surface area contributed by atoms with E-state index in [9.17, 15) is 14.7 Å². The van der Waals surface area contributed by atoms with Crippen molar-refractivity contribution in [3.8, 4) is 5.88 Å². The van der Waals surface area contributed by atoms with Crippen molar-refractivity contribution < 1.29 is 5.11 Å². The predicted molar refractivity (Wildman–Crippen MR) is 97.2 cm³/mol. The van der Waals surface area contributed by atoms with Gasteiger partial charge in [-0.15, -0.1) is 0 Å². The minimum atomic E-state index is -0.832. The van der Waals surface area contributed by atoms with Gasteiger partial charge in [0.05, 0.1) is 11.2 Å². The molecule has 26 heavy (non-hydrogen) atoms. The molecule has 3 rings (SSSR count). The van der Waals surface area contributed by atoms with Crippen molar-refractivity contribution in [2.45, 2.75) is 13.8 Å². The highest BCUT2D eigenvalue weighted by Crippen LogP contribution is 2.19. The van der Waals surface area contributed by atoms with Gasteiger partial charge in [0, 0.05) is 11.6 Å². The zero-order valence-corrected chi connectivity index (χ0v) is 13.9. The molecular formula is C16H15N7O3. The fourth-order valence-electron chi connectivity index (χ4n) is 2.30. The topological polar surface area (TPSA) is 162 Å².